The number of nitrogens with one attached hydrogen (secondary N) is 1. The van der Waals surface area contributed by atoms with Crippen LogP contribution in [0.15, 0.2) is 46.9 Å². The van der Waals surface area contributed by atoms with Crippen molar-refractivity contribution in [3.05, 3.63) is 53.9 Å². The summed E-state index contributed by atoms with van der Waals surface area (Å²) in [4.78, 5) is 6.72. The van der Waals surface area contributed by atoms with E-state index in [4.69, 9.17) is 4.42 Å². The zero-order chi connectivity index (χ0) is 25.4. The van der Waals surface area contributed by atoms with Crippen molar-refractivity contribution in [1.82, 2.24) is 20.5 Å². The van der Waals surface area contributed by atoms with E-state index in [1.165, 1.54) is 29.6 Å². The summed E-state index contributed by atoms with van der Waals surface area (Å²) >= 11 is 0. The van der Waals surface area contributed by atoms with Crippen LogP contribution in [0, 0.1) is 11.8 Å². The molecule has 0 amide bonds. The number of sulfonamides is 1. The molecule has 5 rings (SSSR count). The van der Waals surface area contributed by atoms with Gasteiger partial charge in [-0.15, -0.1) is 10.2 Å². The van der Waals surface area contributed by atoms with Gasteiger partial charge in [0.15, 0.2) is 0 Å². The third-order valence-corrected chi connectivity index (χ3v) is 8.62. The van der Waals surface area contributed by atoms with E-state index in [9.17, 15) is 8.42 Å². The topological polar surface area (TPSA) is 104 Å². The Kier molecular flexibility index (Phi) is 6.74. The van der Waals surface area contributed by atoms with E-state index in [1.54, 1.807) is 6.07 Å². The van der Waals surface area contributed by atoms with Crippen LogP contribution in [0.3, 0.4) is 0 Å². The molecule has 3 aromatic rings. The first-order valence-corrected chi connectivity index (χ1v) is 14.3. The number of pyridine rings is 1. The first-order chi connectivity index (χ1) is 17.2. The Morgan fingerprint density at radius 2 is 1.83 bits per heavy atom. The number of aromatic nitrogens is 3. The van der Waals surface area contributed by atoms with Crippen LogP contribution in [0.25, 0.3) is 11.5 Å². The highest BCUT2D eigenvalue weighted by Gasteiger charge is 2.34. The minimum Gasteiger partial charge on any atom is -0.419 e. The van der Waals surface area contributed by atoms with Crippen molar-refractivity contribution in [1.29, 1.82) is 0 Å². The highest BCUT2D eigenvalue weighted by Crippen LogP contribution is 2.40. The van der Waals surface area contributed by atoms with Gasteiger partial charge in [0, 0.05) is 32.1 Å². The molecule has 1 aliphatic heterocycles. The largest absolute Gasteiger partial charge is 0.419 e. The second kappa shape index (κ2) is 9.82. The number of piperidine rings is 1. The lowest BCUT2D eigenvalue weighted by molar-refractivity contribution is 0.303. The van der Waals surface area contributed by atoms with E-state index in [0.717, 1.165) is 25.9 Å². The van der Waals surface area contributed by atoms with Crippen LogP contribution in [-0.2, 0) is 10.0 Å². The lowest BCUT2D eigenvalue weighted by Crippen LogP contribution is -2.33. The Labute approximate surface area is 213 Å². The van der Waals surface area contributed by atoms with Gasteiger partial charge in [-0.2, -0.15) is 0 Å². The fourth-order valence-corrected chi connectivity index (χ4v) is 5.37. The second-order valence-corrected chi connectivity index (χ2v) is 12.2. The zero-order valence-electron chi connectivity index (χ0n) is 21.3. The summed E-state index contributed by atoms with van der Waals surface area (Å²) in [5.74, 6) is 3.44. The van der Waals surface area contributed by atoms with Gasteiger partial charge in [0.1, 0.15) is 11.6 Å². The van der Waals surface area contributed by atoms with Crippen LogP contribution >= 0.6 is 0 Å². The van der Waals surface area contributed by atoms with Crippen molar-refractivity contribution < 1.29 is 12.8 Å². The summed E-state index contributed by atoms with van der Waals surface area (Å²) < 4.78 is 32.0. The molecule has 1 aromatic carbocycles. The average molecular weight is 511 g/mol. The van der Waals surface area contributed by atoms with E-state index in [1.807, 2.05) is 19.2 Å². The monoisotopic (exact) mass is 510 g/mol. The molecular formula is C26H34N6O3S. The molecule has 0 radical (unpaired) electrons. The molecule has 3 heterocycles. The molecule has 1 aliphatic carbocycles. The van der Waals surface area contributed by atoms with Crippen LogP contribution in [0.5, 0.6) is 0 Å². The molecule has 192 valence electrons. The summed E-state index contributed by atoms with van der Waals surface area (Å²) in [6.45, 7) is 3.99. The normalized spacial score (nSPS) is 23.9. The number of anilines is 2. The van der Waals surface area contributed by atoms with Crippen molar-refractivity contribution in [2.75, 3.05) is 42.6 Å². The molecular weight excluding hydrogens is 476 g/mol. The molecule has 36 heavy (non-hydrogen) atoms. The van der Waals surface area contributed by atoms with Crippen LogP contribution in [-0.4, -0.2) is 57.0 Å². The van der Waals surface area contributed by atoms with Crippen LogP contribution in [0.1, 0.15) is 49.6 Å². The first-order valence-electron chi connectivity index (χ1n) is 12.5. The number of hydrogen-bond acceptors (Lipinski definition) is 8. The second-order valence-electron chi connectivity index (χ2n) is 10.2. The summed E-state index contributed by atoms with van der Waals surface area (Å²) in [6.07, 6.45) is 4.48. The number of rotatable bonds is 8. The Morgan fingerprint density at radius 1 is 1.11 bits per heavy atom. The van der Waals surface area contributed by atoms with E-state index >= 15 is 0 Å². The van der Waals surface area contributed by atoms with Gasteiger partial charge < -0.3 is 14.6 Å². The fraction of sp³-hybridized carbons (Fsp3) is 0.500. The number of nitrogens with zero attached hydrogens (tertiary/aromatic N) is 5. The fourth-order valence-electron chi connectivity index (χ4n) is 4.93. The van der Waals surface area contributed by atoms with E-state index < -0.39 is 10.0 Å². The molecule has 2 fully saturated rings. The molecule has 2 aromatic heterocycles. The molecule has 1 saturated carbocycles. The van der Waals surface area contributed by atoms with Crippen LogP contribution in [0.4, 0.5) is 11.6 Å². The number of hydrogen-bond donors (Lipinski definition) is 1. The molecule has 2 unspecified atom stereocenters. The van der Waals surface area contributed by atoms with E-state index in [0.29, 0.717) is 40.8 Å². The molecule has 1 saturated heterocycles. The van der Waals surface area contributed by atoms with Gasteiger partial charge in [-0.25, -0.2) is 13.4 Å². The van der Waals surface area contributed by atoms with Crippen LogP contribution < -0.4 is 14.5 Å². The number of benzene rings is 1. The van der Waals surface area contributed by atoms with Crippen molar-refractivity contribution in [3.8, 4) is 11.5 Å². The van der Waals surface area contributed by atoms with Crippen molar-refractivity contribution in [3.63, 3.8) is 0 Å². The highest BCUT2D eigenvalue weighted by molar-refractivity contribution is 7.92. The minimum atomic E-state index is -3.49. The van der Waals surface area contributed by atoms with Gasteiger partial charge in [0.2, 0.25) is 21.8 Å². The average Bonchev–Trinajstić information content (AvgIpc) is 3.35. The zero-order valence-corrected chi connectivity index (χ0v) is 22.1. The predicted molar refractivity (Wildman–Crippen MR) is 140 cm³/mol. The van der Waals surface area contributed by atoms with Crippen molar-refractivity contribution >= 4 is 21.7 Å². The molecule has 10 heteroatoms. The Morgan fingerprint density at radius 3 is 2.53 bits per heavy atom. The minimum absolute atomic E-state index is 0.0825. The maximum Gasteiger partial charge on any atom is 0.248 e. The lowest BCUT2D eigenvalue weighted by atomic mass is 9.85. The highest BCUT2D eigenvalue weighted by atomic mass is 32.2. The summed E-state index contributed by atoms with van der Waals surface area (Å²) in [5.41, 5.74) is 1.89. The molecule has 1 N–H and O–H groups in total. The summed E-state index contributed by atoms with van der Waals surface area (Å²) in [7, 11) is -0.00398. The summed E-state index contributed by atoms with van der Waals surface area (Å²) in [5, 5.41) is 12.3. The van der Waals surface area contributed by atoms with Gasteiger partial charge in [0.05, 0.1) is 12.3 Å². The molecule has 0 bridgehead atoms. The quantitative estimate of drug-likeness (QED) is 0.488. The smallest absolute Gasteiger partial charge is 0.248 e. The SMILES string of the molecule is CC1CC1CN(C)c1cc(-c2nnc([C@H]3NCCC[C@H]3c3ccccc3)o2)cc(N(C)S(C)(=O)=O)n1. The maximum absolute atomic E-state index is 12.3. The van der Waals surface area contributed by atoms with Crippen LogP contribution in [0.2, 0.25) is 0 Å². The summed E-state index contributed by atoms with van der Waals surface area (Å²) in [6, 6.07) is 13.9. The standard InChI is InChI=1S/C26H34N6O3S/c1-17-13-20(17)16-31(2)22-14-19(15-23(28-22)32(3)36(4,33)34)25-29-30-26(35-25)24-21(11-8-12-27-24)18-9-6-5-7-10-18/h5-7,9-10,14-15,17,20-21,24,27H,8,11-13,16H2,1-4H3/t17?,20?,21-,24-/m0/s1. The molecule has 2 aliphatic rings. The van der Waals surface area contributed by atoms with E-state index in [2.05, 4.69) is 56.6 Å². The Hall–Kier alpha value is -2.98. The van der Waals surface area contributed by atoms with Gasteiger partial charge in [-0.05, 0) is 55.3 Å². The predicted octanol–water partition coefficient (Wildman–Crippen LogP) is 3.83. The molecule has 9 nitrogen and oxygen atoms in total. The third kappa shape index (κ3) is 5.24. The van der Waals surface area contributed by atoms with Gasteiger partial charge in [-0.1, -0.05) is 37.3 Å². The van der Waals surface area contributed by atoms with Gasteiger partial charge in [-0.3, -0.25) is 4.31 Å². The Bertz CT molecular complexity index is 1310. The first kappa shape index (κ1) is 24.7. The molecule has 0 spiro atoms. The van der Waals surface area contributed by atoms with Crippen molar-refractivity contribution in [2.24, 2.45) is 11.8 Å². The van der Waals surface area contributed by atoms with E-state index in [-0.39, 0.29) is 12.0 Å². The third-order valence-electron chi connectivity index (χ3n) is 7.43. The van der Waals surface area contributed by atoms with Gasteiger partial charge in [0.25, 0.3) is 0 Å². The Balaban J connectivity index is 1.48. The van der Waals surface area contributed by atoms with Gasteiger partial charge >= 0.3 is 0 Å². The lowest BCUT2D eigenvalue weighted by Gasteiger charge is -2.30. The maximum atomic E-state index is 12.3. The molecule has 4 atom stereocenters. The van der Waals surface area contributed by atoms with Crippen molar-refractivity contribution in [2.45, 2.75) is 38.1 Å².